The summed E-state index contributed by atoms with van der Waals surface area (Å²) in [4.78, 5) is 0. The molecule has 0 aliphatic heterocycles. The van der Waals surface area contributed by atoms with Crippen LogP contribution in [-0.2, 0) is 13.1 Å². The van der Waals surface area contributed by atoms with Crippen molar-refractivity contribution in [2.24, 2.45) is 5.73 Å². The molecule has 0 aliphatic carbocycles. The molecule has 100 valence electrons. The van der Waals surface area contributed by atoms with Crippen LogP contribution in [0.25, 0.3) is 0 Å². The Morgan fingerprint density at radius 1 is 1.16 bits per heavy atom. The fourth-order valence-electron chi connectivity index (χ4n) is 1.89. The first-order valence-electron chi connectivity index (χ1n) is 6.08. The van der Waals surface area contributed by atoms with Crippen LogP contribution >= 0.6 is 0 Å². The average molecular weight is 260 g/mol. The average Bonchev–Trinajstić information content (AvgIpc) is 2.46. The van der Waals surface area contributed by atoms with Gasteiger partial charge in [-0.3, -0.25) is 0 Å². The molecule has 2 aromatic carbocycles. The maximum Gasteiger partial charge on any atom is 0.123 e. The van der Waals surface area contributed by atoms with Crippen LogP contribution < -0.4 is 15.8 Å². The highest BCUT2D eigenvalue weighted by Crippen LogP contribution is 2.18. The number of nitrogens with one attached hydrogen (secondary N) is 1. The largest absolute Gasteiger partial charge is 0.497 e. The molecule has 0 unspecified atom stereocenters. The standard InChI is InChI=1S/C15H17FN2O/c1-19-15-4-2-3-14(8-15)18-10-11-5-6-13(16)7-12(11)9-17/h2-8,18H,9-10,17H2,1H3. The second-order valence-electron chi connectivity index (χ2n) is 4.20. The number of hydrogen-bond acceptors (Lipinski definition) is 3. The lowest BCUT2D eigenvalue weighted by Gasteiger charge is -2.11. The lowest BCUT2D eigenvalue weighted by Crippen LogP contribution is -2.07. The van der Waals surface area contributed by atoms with E-state index in [9.17, 15) is 4.39 Å². The van der Waals surface area contributed by atoms with E-state index < -0.39 is 0 Å². The van der Waals surface area contributed by atoms with Gasteiger partial charge in [-0.2, -0.15) is 0 Å². The van der Waals surface area contributed by atoms with E-state index >= 15 is 0 Å². The number of benzene rings is 2. The number of methoxy groups -OCH3 is 1. The monoisotopic (exact) mass is 260 g/mol. The minimum atomic E-state index is -0.259. The lowest BCUT2D eigenvalue weighted by atomic mass is 10.1. The Hall–Kier alpha value is -2.07. The lowest BCUT2D eigenvalue weighted by molar-refractivity contribution is 0.415. The van der Waals surface area contributed by atoms with E-state index in [1.165, 1.54) is 12.1 Å². The van der Waals surface area contributed by atoms with E-state index in [1.54, 1.807) is 13.2 Å². The Labute approximate surface area is 112 Å². The van der Waals surface area contributed by atoms with Gasteiger partial charge in [-0.15, -0.1) is 0 Å². The molecule has 3 nitrogen and oxygen atoms in total. The van der Waals surface area contributed by atoms with E-state index in [-0.39, 0.29) is 5.82 Å². The van der Waals surface area contributed by atoms with Crippen LogP contribution in [0, 0.1) is 5.82 Å². The number of ether oxygens (including phenoxy) is 1. The minimum Gasteiger partial charge on any atom is -0.497 e. The highest BCUT2D eigenvalue weighted by Gasteiger charge is 2.03. The first-order chi connectivity index (χ1) is 9.22. The van der Waals surface area contributed by atoms with Gasteiger partial charge < -0.3 is 15.8 Å². The van der Waals surface area contributed by atoms with Crippen molar-refractivity contribution in [2.75, 3.05) is 12.4 Å². The summed E-state index contributed by atoms with van der Waals surface area (Å²) in [6.45, 7) is 0.923. The first kappa shape index (κ1) is 13.4. The predicted molar refractivity (Wildman–Crippen MR) is 74.6 cm³/mol. The zero-order chi connectivity index (χ0) is 13.7. The fraction of sp³-hybridized carbons (Fsp3) is 0.200. The van der Waals surface area contributed by atoms with Gasteiger partial charge in [-0.1, -0.05) is 12.1 Å². The van der Waals surface area contributed by atoms with Gasteiger partial charge in [0.15, 0.2) is 0 Å². The molecule has 0 saturated carbocycles. The van der Waals surface area contributed by atoms with Crippen LogP contribution in [-0.4, -0.2) is 7.11 Å². The van der Waals surface area contributed by atoms with E-state index in [2.05, 4.69) is 5.32 Å². The Balaban J connectivity index is 2.09. The zero-order valence-electron chi connectivity index (χ0n) is 10.8. The van der Waals surface area contributed by atoms with Crippen molar-refractivity contribution in [1.82, 2.24) is 0 Å². The highest BCUT2D eigenvalue weighted by molar-refractivity contribution is 5.49. The molecule has 19 heavy (non-hydrogen) atoms. The second-order valence-corrected chi connectivity index (χ2v) is 4.20. The summed E-state index contributed by atoms with van der Waals surface area (Å²) < 4.78 is 18.3. The van der Waals surface area contributed by atoms with Crippen LogP contribution in [0.4, 0.5) is 10.1 Å². The third kappa shape index (κ3) is 3.45. The van der Waals surface area contributed by atoms with E-state index in [1.807, 2.05) is 24.3 Å². The van der Waals surface area contributed by atoms with Crippen LogP contribution in [0.2, 0.25) is 0 Å². The van der Waals surface area contributed by atoms with Crippen molar-refractivity contribution in [1.29, 1.82) is 0 Å². The van der Waals surface area contributed by atoms with E-state index in [0.717, 1.165) is 22.6 Å². The number of nitrogens with two attached hydrogens (primary N) is 1. The number of anilines is 1. The number of rotatable bonds is 5. The van der Waals surface area contributed by atoms with Crippen molar-refractivity contribution in [3.05, 3.63) is 59.4 Å². The van der Waals surface area contributed by atoms with Crippen molar-refractivity contribution >= 4 is 5.69 Å². The Morgan fingerprint density at radius 2 is 2.00 bits per heavy atom. The smallest absolute Gasteiger partial charge is 0.123 e. The third-order valence-corrected chi connectivity index (χ3v) is 2.94. The molecule has 0 saturated heterocycles. The molecule has 0 aromatic heterocycles. The quantitative estimate of drug-likeness (QED) is 0.869. The Bertz CT molecular complexity index is 558. The molecule has 2 rings (SSSR count). The summed E-state index contributed by atoms with van der Waals surface area (Å²) in [5.41, 5.74) is 8.38. The second kappa shape index (κ2) is 6.20. The van der Waals surface area contributed by atoms with Crippen molar-refractivity contribution in [3.8, 4) is 5.75 Å². The van der Waals surface area contributed by atoms with Crippen LogP contribution in [0.5, 0.6) is 5.75 Å². The summed E-state index contributed by atoms with van der Waals surface area (Å²) in [5.74, 6) is 0.536. The molecule has 0 aliphatic rings. The molecule has 4 heteroatoms. The Morgan fingerprint density at radius 3 is 2.74 bits per heavy atom. The van der Waals surface area contributed by atoms with Gasteiger partial charge in [-0.05, 0) is 35.4 Å². The van der Waals surface area contributed by atoms with Gasteiger partial charge in [0.2, 0.25) is 0 Å². The summed E-state index contributed by atoms with van der Waals surface area (Å²) in [6.07, 6.45) is 0. The molecular formula is C15H17FN2O. The summed E-state index contributed by atoms with van der Waals surface area (Å²) in [6, 6.07) is 12.3. The summed E-state index contributed by atoms with van der Waals surface area (Å²) in [7, 11) is 1.63. The van der Waals surface area contributed by atoms with Crippen molar-refractivity contribution in [3.63, 3.8) is 0 Å². The topological polar surface area (TPSA) is 47.3 Å². The first-order valence-corrected chi connectivity index (χ1v) is 6.08. The molecule has 0 radical (unpaired) electrons. The SMILES string of the molecule is COc1cccc(NCc2ccc(F)cc2CN)c1. The summed E-state index contributed by atoms with van der Waals surface area (Å²) in [5, 5.41) is 3.27. The van der Waals surface area contributed by atoms with Crippen LogP contribution in [0.3, 0.4) is 0 Å². The van der Waals surface area contributed by atoms with Crippen LogP contribution in [0.1, 0.15) is 11.1 Å². The van der Waals surface area contributed by atoms with Gasteiger partial charge in [0.1, 0.15) is 11.6 Å². The highest BCUT2D eigenvalue weighted by atomic mass is 19.1. The number of hydrogen-bond donors (Lipinski definition) is 2. The molecular weight excluding hydrogens is 243 g/mol. The van der Waals surface area contributed by atoms with Gasteiger partial charge in [0, 0.05) is 24.8 Å². The number of halogens is 1. The molecule has 0 bridgehead atoms. The maximum absolute atomic E-state index is 13.1. The molecule has 0 spiro atoms. The molecule has 2 aromatic rings. The minimum absolute atomic E-state index is 0.259. The molecule has 0 amide bonds. The molecule has 0 atom stereocenters. The molecule has 0 fully saturated rings. The Kier molecular flexibility index (Phi) is 4.36. The normalized spacial score (nSPS) is 10.3. The van der Waals surface area contributed by atoms with Gasteiger partial charge >= 0.3 is 0 Å². The van der Waals surface area contributed by atoms with E-state index in [4.69, 9.17) is 10.5 Å². The molecule has 0 heterocycles. The summed E-state index contributed by atoms with van der Waals surface area (Å²) >= 11 is 0. The van der Waals surface area contributed by atoms with E-state index in [0.29, 0.717) is 13.1 Å². The van der Waals surface area contributed by atoms with Gasteiger partial charge in [-0.25, -0.2) is 4.39 Å². The van der Waals surface area contributed by atoms with Gasteiger partial charge in [0.05, 0.1) is 7.11 Å². The predicted octanol–water partition coefficient (Wildman–Crippen LogP) is 2.91. The maximum atomic E-state index is 13.1. The van der Waals surface area contributed by atoms with Crippen molar-refractivity contribution < 1.29 is 9.13 Å². The molecule has 3 N–H and O–H groups in total. The van der Waals surface area contributed by atoms with Crippen LogP contribution in [0.15, 0.2) is 42.5 Å². The fourth-order valence-corrected chi connectivity index (χ4v) is 1.89. The third-order valence-electron chi connectivity index (χ3n) is 2.94. The van der Waals surface area contributed by atoms with Crippen molar-refractivity contribution in [2.45, 2.75) is 13.1 Å². The zero-order valence-corrected chi connectivity index (χ0v) is 10.8. The van der Waals surface area contributed by atoms with Gasteiger partial charge in [0.25, 0.3) is 0 Å².